The number of rotatable bonds is 6. The van der Waals surface area contributed by atoms with Gasteiger partial charge in [-0.25, -0.2) is 9.36 Å². The molecule has 6 nitrogen and oxygen atoms in total. The summed E-state index contributed by atoms with van der Waals surface area (Å²) in [5, 5.41) is 0. The van der Waals surface area contributed by atoms with E-state index in [9.17, 15) is 9.36 Å². The van der Waals surface area contributed by atoms with Crippen LogP contribution >= 0.6 is 7.82 Å². The average Bonchev–Trinajstić information content (AvgIpc) is 2.17. The summed E-state index contributed by atoms with van der Waals surface area (Å²) in [6, 6.07) is 0. The van der Waals surface area contributed by atoms with E-state index in [0.29, 0.717) is 0 Å². The van der Waals surface area contributed by atoms with E-state index in [2.05, 4.69) is 13.8 Å². The Hall–Kier alpha value is -0.840. The van der Waals surface area contributed by atoms with Crippen LogP contribution in [-0.2, 0) is 27.7 Å². The molecule has 0 aromatic carbocycles. The van der Waals surface area contributed by atoms with Crippen molar-refractivity contribution < 1.29 is 27.7 Å². The summed E-state index contributed by atoms with van der Waals surface area (Å²) in [5.74, 6) is -0.478. The van der Waals surface area contributed by atoms with Crippen molar-refractivity contribution >= 4 is 13.8 Å². The van der Waals surface area contributed by atoms with Crippen molar-refractivity contribution in [2.45, 2.75) is 13.8 Å². The number of carbonyl (C=O) groups is 1. The maximum absolute atomic E-state index is 11.4. The third-order valence-corrected chi connectivity index (χ3v) is 2.72. The first-order valence-corrected chi connectivity index (χ1v) is 5.69. The highest BCUT2D eigenvalue weighted by Crippen LogP contribution is 2.49. The number of phosphoric acid groups is 1. The lowest BCUT2D eigenvalue weighted by molar-refractivity contribution is -0.137. The number of ether oxygens (including phenoxy) is 1. The van der Waals surface area contributed by atoms with E-state index in [0.717, 1.165) is 6.08 Å². The molecule has 0 unspecified atom stereocenters. The minimum Gasteiger partial charge on any atom is -0.463 e. The van der Waals surface area contributed by atoms with Crippen molar-refractivity contribution in [3.63, 3.8) is 0 Å². The molecule has 0 amide bonds. The van der Waals surface area contributed by atoms with Crippen LogP contribution in [0.5, 0.6) is 0 Å². The van der Waals surface area contributed by atoms with Gasteiger partial charge in [0.05, 0.1) is 12.7 Å². The molecule has 0 heterocycles. The van der Waals surface area contributed by atoms with Gasteiger partial charge in [-0.2, -0.15) is 0 Å². The SMILES string of the molecule is CCOC(=O)/C=C(/C)OP(=O)(OC)OC. The monoisotopic (exact) mass is 238 g/mol. The van der Waals surface area contributed by atoms with E-state index in [1.165, 1.54) is 21.1 Å². The fourth-order valence-corrected chi connectivity index (χ4v) is 1.41. The zero-order valence-corrected chi connectivity index (χ0v) is 10.1. The van der Waals surface area contributed by atoms with Crippen molar-refractivity contribution in [1.29, 1.82) is 0 Å². The maximum Gasteiger partial charge on any atom is 0.529 e. The molecule has 88 valence electrons. The molecule has 0 saturated heterocycles. The quantitative estimate of drug-likeness (QED) is 0.304. The van der Waals surface area contributed by atoms with Crippen LogP contribution in [0.4, 0.5) is 0 Å². The largest absolute Gasteiger partial charge is 0.529 e. The zero-order chi connectivity index (χ0) is 11.9. The van der Waals surface area contributed by atoms with Gasteiger partial charge in [0.1, 0.15) is 5.76 Å². The fourth-order valence-electron chi connectivity index (χ4n) is 0.702. The molecule has 0 aliphatic rings. The number of hydrogen-bond acceptors (Lipinski definition) is 6. The maximum atomic E-state index is 11.4. The molecule has 0 bridgehead atoms. The lowest BCUT2D eigenvalue weighted by atomic mass is 10.5. The number of allylic oxidation sites excluding steroid dienone is 1. The van der Waals surface area contributed by atoms with Crippen LogP contribution in [0.25, 0.3) is 0 Å². The molecule has 0 N–H and O–H groups in total. The molecule has 0 spiro atoms. The van der Waals surface area contributed by atoms with Gasteiger partial charge in [-0.1, -0.05) is 0 Å². The lowest BCUT2D eigenvalue weighted by Crippen LogP contribution is -2.02. The van der Waals surface area contributed by atoms with Crippen LogP contribution in [0.1, 0.15) is 13.8 Å². The average molecular weight is 238 g/mol. The summed E-state index contributed by atoms with van der Waals surface area (Å²) in [4.78, 5) is 11.0. The van der Waals surface area contributed by atoms with Gasteiger partial charge in [-0.05, 0) is 13.8 Å². The number of carbonyl (C=O) groups excluding carboxylic acids is 1. The Morgan fingerprint density at radius 2 is 1.87 bits per heavy atom. The third-order valence-electron chi connectivity index (χ3n) is 1.31. The fraction of sp³-hybridized carbons (Fsp3) is 0.625. The molecule has 0 atom stereocenters. The Labute approximate surface area is 88.8 Å². The topological polar surface area (TPSA) is 71.1 Å². The Kier molecular flexibility index (Phi) is 6.24. The molecule has 0 aromatic heterocycles. The number of esters is 1. The predicted octanol–water partition coefficient (Wildman–Crippen LogP) is 1.87. The van der Waals surface area contributed by atoms with Crippen LogP contribution in [0.15, 0.2) is 11.8 Å². The lowest BCUT2D eigenvalue weighted by Gasteiger charge is -2.13. The summed E-state index contributed by atoms with van der Waals surface area (Å²) in [6.45, 7) is 3.38. The normalized spacial score (nSPS) is 12.4. The smallest absolute Gasteiger partial charge is 0.463 e. The highest BCUT2D eigenvalue weighted by Gasteiger charge is 2.24. The molecule has 15 heavy (non-hydrogen) atoms. The van der Waals surface area contributed by atoms with Crippen LogP contribution in [0, 0.1) is 0 Å². The molecule has 0 aliphatic heterocycles. The van der Waals surface area contributed by atoms with Crippen molar-refractivity contribution in [3.05, 3.63) is 11.8 Å². The molecule has 0 saturated carbocycles. The van der Waals surface area contributed by atoms with E-state index in [1.54, 1.807) is 6.92 Å². The van der Waals surface area contributed by atoms with Gasteiger partial charge in [0.2, 0.25) is 0 Å². The Bertz CT molecular complexity index is 277. The van der Waals surface area contributed by atoms with Crippen molar-refractivity contribution in [3.8, 4) is 0 Å². The van der Waals surface area contributed by atoms with Crippen molar-refractivity contribution in [1.82, 2.24) is 0 Å². The first-order chi connectivity index (χ1) is 6.97. The van der Waals surface area contributed by atoms with Gasteiger partial charge in [-0.3, -0.25) is 9.05 Å². The molecular formula is C8H15O6P. The molecule has 0 aromatic rings. The highest BCUT2D eigenvalue weighted by atomic mass is 31.2. The Morgan fingerprint density at radius 3 is 2.27 bits per heavy atom. The predicted molar refractivity (Wildman–Crippen MR) is 53.1 cm³/mol. The standard InChI is InChI=1S/C8H15O6P/c1-5-13-8(9)6-7(2)14-15(10,11-3)12-4/h6H,5H2,1-4H3/b7-6-. The molecule has 0 rings (SSSR count). The van der Waals surface area contributed by atoms with Gasteiger partial charge in [0, 0.05) is 14.2 Å². The molecule has 0 radical (unpaired) electrons. The number of hydrogen-bond donors (Lipinski definition) is 0. The second-order valence-corrected chi connectivity index (χ2v) is 4.22. The van der Waals surface area contributed by atoms with Crippen molar-refractivity contribution in [2.75, 3.05) is 20.8 Å². The van der Waals surface area contributed by atoms with E-state index < -0.39 is 13.8 Å². The molecule has 7 heteroatoms. The van der Waals surface area contributed by atoms with Crippen LogP contribution in [0.2, 0.25) is 0 Å². The summed E-state index contributed by atoms with van der Waals surface area (Å²) in [7, 11) is -1.22. The summed E-state index contributed by atoms with van der Waals surface area (Å²) in [6.07, 6.45) is 1.06. The van der Waals surface area contributed by atoms with Crippen LogP contribution in [-0.4, -0.2) is 26.8 Å². The second-order valence-electron chi connectivity index (χ2n) is 2.41. The van der Waals surface area contributed by atoms with Crippen LogP contribution in [0.3, 0.4) is 0 Å². The highest BCUT2D eigenvalue weighted by molar-refractivity contribution is 7.48. The molecular weight excluding hydrogens is 223 g/mol. The Morgan fingerprint density at radius 1 is 1.33 bits per heavy atom. The molecule has 0 fully saturated rings. The van der Waals surface area contributed by atoms with Crippen molar-refractivity contribution in [2.24, 2.45) is 0 Å². The van der Waals surface area contributed by atoms with E-state index in [4.69, 9.17) is 4.52 Å². The molecule has 0 aliphatic carbocycles. The minimum atomic E-state index is -3.59. The first-order valence-electron chi connectivity index (χ1n) is 4.23. The van der Waals surface area contributed by atoms with Crippen LogP contribution < -0.4 is 0 Å². The van der Waals surface area contributed by atoms with Gasteiger partial charge < -0.3 is 9.26 Å². The van der Waals surface area contributed by atoms with E-state index >= 15 is 0 Å². The van der Waals surface area contributed by atoms with E-state index in [-0.39, 0.29) is 12.4 Å². The summed E-state index contributed by atoms with van der Waals surface area (Å²) >= 11 is 0. The van der Waals surface area contributed by atoms with Gasteiger partial charge in [0.25, 0.3) is 0 Å². The second kappa shape index (κ2) is 6.61. The van der Waals surface area contributed by atoms with Gasteiger partial charge >= 0.3 is 13.8 Å². The zero-order valence-electron chi connectivity index (χ0n) is 9.18. The summed E-state index contributed by atoms with van der Waals surface area (Å²) in [5.41, 5.74) is 0. The van der Waals surface area contributed by atoms with Gasteiger partial charge in [0.15, 0.2) is 0 Å². The third kappa shape index (κ3) is 5.57. The Balaban J connectivity index is 4.40. The number of phosphoric ester groups is 1. The minimum absolute atomic E-state index is 0.0977. The first kappa shape index (κ1) is 14.2. The van der Waals surface area contributed by atoms with E-state index in [1.807, 2.05) is 0 Å². The summed E-state index contributed by atoms with van der Waals surface area (Å²) < 4.78 is 29.9. The van der Waals surface area contributed by atoms with Gasteiger partial charge in [-0.15, -0.1) is 0 Å².